The number of nitrogens with zero attached hydrogens (tertiary/aromatic N) is 2. The molecule has 0 amide bonds. The van der Waals surface area contributed by atoms with E-state index in [0.717, 1.165) is 38.5 Å². The van der Waals surface area contributed by atoms with Crippen LogP contribution in [-0.4, -0.2) is 24.6 Å². The van der Waals surface area contributed by atoms with Gasteiger partial charge in [0.05, 0.1) is 0 Å². The molecule has 0 atom stereocenters. The second-order valence-electron chi connectivity index (χ2n) is 7.05. The molecule has 2 saturated carbocycles. The van der Waals surface area contributed by atoms with Crippen LogP contribution >= 0.6 is 11.3 Å². The third-order valence-electron chi connectivity index (χ3n) is 5.17. The van der Waals surface area contributed by atoms with Gasteiger partial charge in [0, 0.05) is 22.9 Å². The van der Waals surface area contributed by atoms with Gasteiger partial charge < -0.3 is 4.52 Å². The van der Waals surface area contributed by atoms with Gasteiger partial charge in [-0.25, -0.2) is 13.1 Å². The first kappa shape index (κ1) is 17.2. The minimum Gasteiger partial charge on any atom is -0.339 e. The van der Waals surface area contributed by atoms with Crippen LogP contribution in [0, 0.1) is 0 Å². The summed E-state index contributed by atoms with van der Waals surface area (Å²) in [5, 5.41) is 5.84. The van der Waals surface area contributed by atoms with Crippen LogP contribution in [0.3, 0.4) is 0 Å². The highest BCUT2D eigenvalue weighted by Gasteiger charge is 2.26. The Hall–Kier alpha value is -1.25. The Morgan fingerprint density at radius 1 is 1.08 bits per heavy atom. The summed E-state index contributed by atoms with van der Waals surface area (Å²) in [4.78, 5) is 4.49. The molecule has 2 heterocycles. The van der Waals surface area contributed by atoms with Crippen molar-refractivity contribution < 1.29 is 12.9 Å². The molecular formula is C17H23N3O3S2. The Morgan fingerprint density at radius 3 is 2.56 bits per heavy atom. The molecule has 1 N–H and O–H groups in total. The van der Waals surface area contributed by atoms with Crippen molar-refractivity contribution in [2.75, 3.05) is 0 Å². The summed E-state index contributed by atoms with van der Waals surface area (Å²) in [7, 11) is -3.47. The fourth-order valence-electron chi connectivity index (χ4n) is 3.76. The average molecular weight is 382 g/mol. The lowest BCUT2D eigenvalue weighted by molar-refractivity contribution is 0.354. The van der Waals surface area contributed by atoms with Gasteiger partial charge in [0.15, 0.2) is 0 Å². The summed E-state index contributed by atoms with van der Waals surface area (Å²) in [6.07, 6.45) is 9.83. The number of thiophene rings is 1. The van der Waals surface area contributed by atoms with E-state index in [1.165, 1.54) is 30.6 Å². The maximum absolute atomic E-state index is 12.6. The van der Waals surface area contributed by atoms with Gasteiger partial charge in [-0.3, -0.25) is 0 Å². The molecule has 2 aliphatic carbocycles. The van der Waals surface area contributed by atoms with Crippen LogP contribution in [0.4, 0.5) is 0 Å². The van der Waals surface area contributed by atoms with E-state index in [4.69, 9.17) is 4.52 Å². The second-order valence-corrected chi connectivity index (χ2v) is 9.90. The molecule has 0 radical (unpaired) electrons. The summed E-state index contributed by atoms with van der Waals surface area (Å²) >= 11 is 1.21. The molecule has 0 spiro atoms. The quantitative estimate of drug-likeness (QED) is 0.844. The highest BCUT2D eigenvalue weighted by molar-refractivity contribution is 7.91. The highest BCUT2D eigenvalue weighted by atomic mass is 32.2. The van der Waals surface area contributed by atoms with E-state index in [2.05, 4.69) is 14.9 Å². The summed E-state index contributed by atoms with van der Waals surface area (Å²) in [5.74, 6) is 1.52. The zero-order valence-corrected chi connectivity index (χ0v) is 15.7. The number of aromatic nitrogens is 2. The van der Waals surface area contributed by atoms with Gasteiger partial charge in [-0.15, -0.1) is 11.3 Å². The van der Waals surface area contributed by atoms with Gasteiger partial charge >= 0.3 is 0 Å². The van der Waals surface area contributed by atoms with E-state index in [0.29, 0.717) is 27.4 Å². The first-order valence-electron chi connectivity index (χ1n) is 9.07. The summed E-state index contributed by atoms with van der Waals surface area (Å²) < 4.78 is 33.8. The van der Waals surface area contributed by atoms with Crippen molar-refractivity contribution in [1.82, 2.24) is 14.9 Å². The molecule has 0 aliphatic heterocycles. The zero-order chi connectivity index (χ0) is 17.3. The van der Waals surface area contributed by atoms with E-state index < -0.39 is 10.0 Å². The Morgan fingerprint density at radius 2 is 1.80 bits per heavy atom. The van der Waals surface area contributed by atoms with E-state index in [-0.39, 0.29) is 6.04 Å². The monoisotopic (exact) mass is 381 g/mol. The minimum atomic E-state index is -3.47. The minimum absolute atomic E-state index is 0.0587. The molecule has 25 heavy (non-hydrogen) atoms. The lowest BCUT2D eigenvalue weighted by atomic mass is 9.96. The van der Waals surface area contributed by atoms with Crippen LogP contribution in [0.1, 0.15) is 69.6 Å². The van der Waals surface area contributed by atoms with Crippen LogP contribution < -0.4 is 4.72 Å². The molecule has 0 aromatic carbocycles. The van der Waals surface area contributed by atoms with Crippen LogP contribution in [0.5, 0.6) is 0 Å². The van der Waals surface area contributed by atoms with Crippen molar-refractivity contribution in [3.63, 3.8) is 0 Å². The second kappa shape index (κ2) is 7.17. The Bertz CT molecular complexity index is 816. The van der Waals surface area contributed by atoms with Gasteiger partial charge in [-0.05, 0) is 31.7 Å². The predicted octanol–water partition coefficient (Wildman–Crippen LogP) is 4.07. The molecule has 6 nitrogen and oxygen atoms in total. The molecule has 2 aromatic rings. The van der Waals surface area contributed by atoms with E-state index in [1.54, 1.807) is 11.4 Å². The van der Waals surface area contributed by atoms with E-state index in [9.17, 15) is 8.42 Å². The molecular weight excluding hydrogens is 358 g/mol. The summed E-state index contributed by atoms with van der Waals surface area (Å²) in [5.41, 5.74) is 0.710. The third kappa shape index (κ3) is 3.80. The zero-order valence-electron chi connectivity index (χ0n) is 14.1. The average Bonchev–Trinajstić information content (AvgIpc) is 3.35. The number of hydrogen-bond acceptors (Lipinski definition) is 6. The standard InChI is InChI=1S/C17H23N3O3S2/c21-25(22,20-14-8-2-1-3-9-14)15-10-13(11-24-15)16-18-17(23-19-16)12-6-4-5-7-12/h10-12,14,20H,1-9H2. The number of nitrogens with one attached hydrogen (secondary N) is 1. The Balaban J connectivity index is 1.49. The van der Waals surface area contributed by atoms with Gasteiger partial charge in [0.1, 0.15) is 4.21 Å². The molecule has 2 aliphatic rings. The van der Waals surface area contributed by atoms with Gasteiger partial charge in [-0.1, -0.05) is 37.3 Å². The molecule has 2 fully saturated rings. The van der Waals surface area contributed by atoms with Crippen molar-refractivity contribution in [1.29, 1.82) is 0 Å². The predicted molar refractivity (Wildman–Crippen MR) is 96.0 cm³/mol. The Kier molecular flexibility index (Phi) is 4.92. The number of rotatable bonds is 5. The van der Waals surface area contributed by atoms with E-state index in [1.807, 2.05) is 0 Å². The normalized spacial score (nSPS) is 20.3. The van der Waals surface area contributed by atoms with Crippen molar-refractivity contribution in [3.05, 3.63) is 17.3 Å². The number of sulfonamides is 1. The summed E-state index contributed by atoms with van der Waals surface area (Å²) in [6.45, 7) is 0. The van der Waals surface area contributed by atoms with Crippen LogP contribution in [0.15, 0.2) is 20.2 Å². The maximum atomic E-state index is 12.6. The topological polar surface area (TPSA) is 85.1 Å². The first-order valence-corrected chi connectivity index (χ1v) is 11.4. The molecule has 0 unspecified atom stereocenters. The lowest BCUT2D eigenvalue weighted by Gasteiger charge is -2.22. The summed E-state index contributed by atoms with van der Waals surface area (Å²) in [6, 6.07) is 1.71. The molecule has 136 valence electrons. The molecule has 2 aromatic heterocycles. The highest BCUT2D eigenvalue weighted by Crippen LogP contribution is 2.35. The van der Waals surface area contributed by atoms with Gasteiger partial charge in [-0.2, -0.15) is 4.98 Å². The SMILES string of the molecule is O=S(=O)(NC1CCCCC1)c1cc(-c2noc(C3CCCC3)n2)cs1. The lowest BCUT2D eigenvalue weighted by Crippen LogP contribution is -2.35. The third-order valence-corrected chi connectivity index (χ3v) is 8.13. The largest absolute Gasteiger partial charge is 0.339 e. The molecule has 8 heteroatoms. The van der Waals surface area contributed by atoms with Crippen LogP contribution in [-0.2, 0) is 10.0 Å². The molecule has 0 bridgehead atoms. The van der Waals surface area contributed by atoms with Crippen molar-refractivity contribution in [2.45, 2.75) is 74.0 Å². The fraction of sp³-hybridized carbons (Fsp3) is 0.647. The van der Waals surface area contributed by atoms with Crippen LogP contribution in [0.2, 0.25) is 0 Å². The fourth-order valence-corrected chi connectivity index (χ4v) is 6.24. The van der Waals surface area contributed by atoms with Gasteiger partial charge in [0.25, 0.3) is 0 Å². The van der Waals surface area contributed by atoms with Crippen molar-refractivity contribution >= 4 is 21.4 Å². The van der Waals surface area contributed by atoms with Crippen molar-refractivity contribution in [3.8, 4) is 11.4 Å². The smallest absolute Gasteiger partial charge is 0.250 e. The van der Waals surface area contributed by atoms with Crippen LogP contribution in [0.25, 0.3) is 11.4 Å². The molecule has 0 saturated heterocycles. The molecule has 4 rings (SSSR count). The first-order chi connectivity index (χ1) is 12.1. The number of hydrogen-bond donors (Lipinski definition) is 1. The van der Waals surface area contributed by atoms with Gasteiger partial charge in [0.2, 0.25) is 21.7 Å². The van der Waals surface area contributed by atoms with E-state index >= 15 is 0 Å². The van der Waals surface area contributed by atoms with Crippen molar-refractivity contribution in [2.24, 2.45) is 0 Å². The maximum Gasteiger partial charge on any atom is 0.250 e. The Labute approximate surface area is 152 Å².